The van der Waals surface area contributed by atoms with Gasteiger partial charge in [-0.1, -0.05) is 0 Å². The van der Waals surface area contributed by atoms with Gasteiger partial charge in [-0.3, -0.25) is 47.9 Å². The molecule has 0 unspecified atom stereocenters. The summed E-state index contributed by atoms with van der Waals surface area (Å²) >= 11 is 1.40. The first-order chi connectivity index (χ1) is 29.9. The van der Waals surface area contributed by atoms with Gasteiger partial charge in [-0.15, -0.1) is 0 Å². The molecule has 24 nitrogen and oxygen atoms in total. The van der Waals surface area contributed by atoms with Crippen LogP contribution in [0.25, 0.3) is 0 Å². The minimum absolute atomic E-state index is 0.0487. The maximum atomic E-state index is 14.0. The largest absolute Gasteiger partial charge is 0.480 e. The lowest BCUT2D eigenvalue weighted by molar-refractivity contribution is -0.148. The summed E-state index contributed by atoms with van der Waals surface area (Å²) in [5.74, 6) is -6.72. The maximum absolute atomic E-state index is 14.0. The molecule has 25 heteroatoms. The van der Waals surface area contributed by atoms with E-state index in [-0.39, 0.29) is 77.8 Å². The molecule has 350 valence electrons. The summed E-state index contributed by atoms with van der Waals surface area (Å²) in [7, 11) is 0. The van der Waals surface area contributed by atoms with Crippen LogP contribution in [-0.4, -0.2) is 230 Å². The van der Waals surface area contributed by atoms with Crippen LogP contribution in [0.5, 0.6) is 0 Å². The summed E-state index contributed by atoms with van der Waals surface area (Å²) in [6, 6.07) is -6.50. The highest BCUT2D eigenvalue weighted by Crippen LogP contribution is 2.27. The molecule has 0 aromatic heterocycles. The summed E-state index contributed by atoms with van der Waals surface area (Å²) in [6.45, 7) is -2.43. The first-order valence-corrected chi connectivity index (χ1v) is 22.4. The third-order valence-electron chi connectivity index (χ3n) is 12.0. The quantitative estimate of drug-likeness (QED) is 0.0655. The monoisotopic (exact) mass is 910 g/mol. The van der Waals surface area contributed by atoms with E-state index in [0.29, 0.717) is 18.6 Å². The normalized spacial score (nSPS) is 27.3. The predicted octanol–water partition coefficient (Wildman–Crippen LogP) is -6.52. The van der Waals surface area contributed by atoms with Gasteiger partial charge < -0.3 is 71.9 Å². The number of carboxylic acids is 1. The van der Waals surface area contributed by atoms with Crippen LogP contribution in [0.2, 0.25) is 0 Å². The number of carbonyl (C=O) groups excluding carboxylic acids is 9. The van der Waals surface area contributed by atoms with Crippen molar-refractivity contribution in [2.24, 2.45) is 5.73 Å². The second-order valence-electron chi connectivity index (χ2n) is 16.3. The zero-order chi connectivity index (χ0) is 46.1. The summed E-state index contributed by atoms with van der Waals surface area (Å²) in [6.07, 6.45) is -0.0995. The number of nitrogens with zero attached hydrogens (tertiary/aromatic N) is 5. The minimum Gasteiger partial charge on any atom is -0.480 e. The number of aliphatic hydroxyl groups is 3. The van der Waals surface area contributed by atoms with Crippen molar-refractivity contribution in [3.63, 3.8) is 0 Å². The van der Waals surface area contributed by atoms with Crippen LogP contribution in [0.3, 0.4) is 0 Å². The lowest BCUT2D eigenvalue weighted by atomic mass is 10.1. The van der Waals surface area contributed by atoms with E-state index in [2.05, 4.69) is 21.3 Å². The highest BCUT2D eigenvalue weighted by Gasteiger charge is 2.47. The number of carboxylic acid groups (broad SMARTS) is 1. The molecule has 0 aromatic rings. The van der Waals surface area contributed by atoms with Gasteiger partial charge in [0.25, 0.3) is 0 Å². The molecule has 9 amide bonds. The average molecular weight is 911 g/mol. The molecule has 0 aliphatic carbocycles. The third kappa shape index (κ3) is 11.9. The van der Waals surface area contributed by atoms with Gasteiger partial charge in [-0.2, -0.15) is 11.8 Å². The number of nitrogens with two attached hydrogens (primary N) is 1. The van der Waals surface area contributed by atoms with E-state index in [1.165, 1.54) is 21.6 Å². The van der Waals surface area contributed by atoms with Crippen molar-refractivity contribution in [1.29, 1.82) is 0 Å². The Morgan fingerprint density at radius 1 is 0.603 bits per heavy atom. The van der Waals surface area contributed by atoms with Crippen molar-refractivity contribution in [1.82, 2.24) is 45.8 Å². The van der Waals surface area contributed by atoms with E-state index in [9.17, 15) is 63.3 Å². The Kier molecular flexibility index (Phi) is 17.1. The molecule has 0 aromatic carbocycles. The highest BCUT2D eigenvalue weighted by molar-refractivity contribution is 7.98. The molecule has 0 radical (unpaired) electrons. The molecule has 5 saturated heterocycles. The summed E-state index contributed by atoms with van der Waals surface area (Å²) in [5, 5.41) is 49.9. The number of nitrogens with one attached hydrogen (secondary N) is 4. The Hall–Kier alpha value is -5.11. The maximum Gasteiger partial charge on any atom is 0.322 e. The van der Waals surface area contributed by atoms with E-state index in [0.717, 1.165) is 14.7 Å². The smallest absolute Gasteiger partial charge is 0.322 e. The fraction of sp³-hybridized carbons (Fsp3) is 0.737. The van der Waals surface area contributed by atoms with Gasteiger partial charge in [0.15, 0.2) is 0 Å². The van der Waals surface area contributed by atoms with Gasteiger partial charge in [0, 0.05) is 52.0 Å². The molecule has 5 aliphatic heterocycles. The zero-order valence-electron chi connectivity index (χ0n) is 35.0. The number of aliphatic hydroxyl groups excluding tert-OH is 3. The molecular weight excluding hydrogens is 853 g/mol. The van der Waals surface area contributed by atoms with Crippen molar-refractivity contribution in [2.75, 3.05) is 70.9 Å². The summed E-state index contributed by atoms with van der Waals surface area (Å²) < 4.78 is 0. The zero-order valence-corrected chi connectivity index (χ0v) is 35.8. The van der Waals surface area contributed by atoms with Gasteiger partial charge in [0.05, 0.1) is 37.9 Å². The molecule has 0 bridgehead atoms. The minimum atomic E-state index is -1.26. The molecule has 0 saturated carbocycles. The first-order valence-electron chi connectivity index (χ1n) is 21.0. The highest BCUT2D eigenvalue weighted by atomic mass is 32.2. The Bertz CT molecular complexity index is 1790. The standard InChI is InChI=1S/C38H58N10O14S/c1-63-9-6-23(43-36(60)26-10-20(49)17-46(26)29(52)13-39)33(57)40-14-30(53)47-18-21(50)11-27(47)37(61)44-7-2-4-24(44)34(58)41-15-31(54)48-19-22(51)12-28(48)38(62)45-8-3-5-25(45)35(59)42-16-32(55)56/h20-28,49-51H,2-19,39H2,1H3,(H,40,57)(H,41,58)(H,42,59)(H,43,60)(H,55,56)/t20-,21-,22-,23+,24+,25+,26+,27+,28+/m1/s1. The van der Waals surface area contributed by atoms with E-state index >= 15 is 0 Å². The van der Waals surface area contributed by atoms with E-state index in [1.807, 2.05) is 0 Å². The summed E-state index contributed by atoms with van der Waals surface area (Å²) in [4.78, 5) is 136. The van der Waals surface area contributed by atoms with Crippen LogP contribution in [0.15, 0.2) is 0 Å². The number of rotatable bonds is 17. The van der Waals surface area contributed by atoms with Crippen LogP contribution < -0.4 is 27.0 Å². The van der Waals surface area contributed by atoms with Gasteiger partial charge in [-0.25, -0.2) is 0 Å². The van der Waals surface area contributed by atoms with Crippen LogP contribution in [0.4, 0.5) is 0 Å². The number of likely N-dealkylation sites (tertiary alicyclic amines) is 5. The second kappa shape index (κ2) is 22.0. The number of hydrogen-bond donors (Lipinski definition) is 9. The van der Waals surface area contributed by atoms with E-state index in [1.54, 1.807) is 6.26 Å². The molecule has 10 N–H and O–H groups in total. The Morgan fingerprint density at radius 3 is 1.51 bits per heavy atom. The number of aliphatic carboxylic acids is 1. The second-order valence-corrected chi connectivity index (χ2v) is 17.3. The van der Waals surface area contributed by atoms with Crippen molar-refractivity contribution >= 4 is 70.9 Å². The molecule has 5 aliphatic rings. The first kappa shape index (κ1) is 48.9. The topological polar surface area (TPSA) is 342 Å². The molecule has 9 atom stereocenters. The van der Waals surface area contributed by atoms with Crippen LogP contribution in [0.1, 0.15) is 51.4 Å². The van der Waals surface area contributed by atoms with Crippen LogP contribution in [0, 0.1) is 0 Å². The third-order valence-corrected chi connectivity index (χ3v) is 12.7. The molecule has 0 spiro atoms. The molecule has 5 rings (SSSR count). The van der Waals surface area contributed by atoms with E-state index in [4.69, 9.17) is 10.8 Å². The number of carbonyl (C=O) groups is 10. The Balaban J connectivity index is 1.15. The van der Waals surface area contributed by atoms with Crippen molar-refractivity contribution in [2.45, 2.75) is 106 Å². The number of thioether (sulfide) groups is 1. The predicted molar refractivity (Wildman–Crippen MR) is 218 cm³/mol. The van der Waals surface area contributed by atoms with Crippen LogP contribution >= 0.6 is 11.8 Å². The number of hydrogen-bond acceptors (Lipinski definition) is 15. The van der Waals surface area contributed by atoms with Crippen LogP contribution in [-0.2, 0) is 47.9 Å². The van der Waals surface area contributed by atoms with Gasteiger partial charge >= 0.3 is 5.97 Å². The Morgan fingerprint density at radius 2 is 1.05 bits per heavy atom. The molecule has 5 heterocycles. The number of β-amino-alcohol motifs (C(OH)–C–C–N with tert-alkyl or cyclic N) is 3. The lowest BCUT2D eigenvalue weighted by Crippen LogP contribution is -2.56. The van der Waals surface area contributed by atoms with Crippen molar-refractivity contribution < 1.29 is 68.4 Å². The Labute approximate surface area is 366 Å². The van der Waals surface area contributed by atoms with Gasteiger partial charge in [-0.05, 0) is 44.1 Å². The van der Waals surface area contributed by atoms with Crippen molar-refractivity contribution in [3.05, 3.63) is 0 Å². The number of amides is 9. The van der Waals surface area contributed by atoms with Gasteiger partial charge in [0.2, 0.25) is 53.2 Å². The fourth-order valence-corrected chi connectivity index (χ4v) is 9.39. The van der Waals surface area contributed by atoms with Crippen molar-refractivity contribution in [3.8, 4) is 0 Å². The lowest BCUT2D eigenvalue weighted by Gasteiger charge is -2.32. The average Bonchev–Trinajstić information content (AvgIpc) is 4.12. The molecule has 63 heavy (non-hydrogen) atoms. The van der Waals surface area contributed by atoms with Gasteiger partial charge in [0.1, 0.15) is 42.8 Å². The fourth-order valence-electron chi connectivity index (χ4n) is 8.91. The summed E-state index contributed by atoms with van der Waals surface area (Å²) in [5.41, 5.74) is 5.47. The molecular formula is C38H58N10O14S. The SMILES string of the molecule is CSCC[C@H](NC(=O)[C@@H]1C[C@@H](O)CN1C(=O)CN)C(=O)NCC(=O)N1C[C@H](O)C[C@H]1C(=O)N1CCC[C@H]1C(=O)NCC(=O)N1C[C@H](O)C[C@H]1C(=O)N1CCC[C@H]1C(=O)NCC(=O)O. The van der Waals surface area contributed by atoms with E-state index < -0.39 is 133 Å². The molecule has 5 fully saturated rings.